The Morgan fingerprint density at radius 1 is 1.53 bits per heavy atom. The molecule has 101 valence electrons. The van der Waals surface area contributed by atoms with Crippen molar-refractivity contribution in [3.63, 3.8) is 0 Å². The Labute approximate surface area is 149 Å². The smallest absolute Gasteiger partial charge is 0.354 e. The molecule has 0 bridgehead atoms. The van der Waals surface area contributed by atoms with E-state index < -0.39 is 5.97 Å². The topological polar surface area (TPSA) is 73.6 Å². The van der Waals surface area contributed by atoms with Gasteiger partial charge in [0.05, 0.1) is 22.1 Å². The minimum Gasteiger partial charge on any atom is -0.464 e. The number of rotatable bonds is 2. The average molecular weight is 422 g/mol. The minimum absolute atomic E-state index is 0. The number of nitrogens with one attached hydrogen (secondary N) is 1. The second kappa shape index (κ2) is 7.74. The predicted octanol–water partition coefficient (Wildman–Crippen LogP) is 2.92. The van der Waals surface area contributed by atoms with Gasteiger partial charge in [-0.1, -0.05) is 17.7 Å². The number of aromatic amines is 1. The van der Waals surface area contributed by atoms with Crippen LogP contribution in [0.15, 0.2) is 16.6 Å². The van der Waals surface area contributed by atoms with Gasteiger partial charge in [-0.3, -0.25) is 0 Å². The molecule has 0 saturated carbocycles. The molecule has 2 aromatic rings. The van der Waals surface area contributed by atoms with Crippen LogP contribution in [-0.4, -0.2) is 23.5 Å². The monoisotopic (exact) mass is 421 g/mol. The predicted molar refractivity (Wildman–Crippen MR) is 75.0 cm³/mol. The van der Waals surface area contributed by atoms with Crippen molar-refractivity contribution in [1.82, 2.24) is 4.98 Å². The molecule has 7 heteroatoms. The van der Waals surface area contributed by atoms with Crippen molar-refractivity contribution in [3.8, 4) is 0 Å². The van der Waals surface area contributed by atoms with Crippen LogP contribution in [0, 0.1) is 6.92 Å². The van der Waals surface area contributed by atoms with E-state index in [1.165, 1.54) is 7.11 Å². The third-order valence-electron chi connectivity index (χ3n) is 2.61. The number of benzene rings is 1. The number of methoxy groups -OCH3 is 1. The molecule has 0 unspecified atom stereocenters. The van der Waals surface area contributed by atoms with Crippen LogP contribution in [0.25, 0.3) is 10.9 Å². The number of esters is 1. The number of hydrogen-bond acceptors (Lipinski definition) is 2. The molecule has 4 nitrogen and oxygen atoms in total. The van der Waals surface area contributed by atoms with E-state index in [-0.39, 0.29) is 38.2 Å². The first-order valence-electron chi connectivity index (χ1n) is 4.96. The van der Waals surface area contributed by atoms with Crippen LogP contribution in [0.1, 0.15) is 16.1 Å². The Morgan fingerprint density at radius 3 is 2.68 bits per heavy atom. The Kier molecular flexibility index (Phi) is 7.77. The van der Waals surface area contributed by atoms with Crippen molar-refractivity contribution >= 4 is 44.4 Å². The third kappa shape index (κ3) is 3.39. The fraction of sp³-hybridized carbons (Fsp3) is 0.167. The zero-order valence-corrected chi connectivity index (χ0v) is 15.4. The van der Waals surface area contributed by atoms with Crippen LogP contribution in [0.2, 0.25) is 5.02 Å². The second-order valence-electron chi connectivity index (χ2n) is 3.50. The van der Waals surface area contributed by atoms with E-state index in [0.29, 0.717) is 17.1 Å². The van der Waals surface area contributed by atoms with Gasteiger partial charge in [0.1, 0.15) is 5.69 Å². The van der Waals surface area contributed by atoms with Gasteiger partial charge in [-0.25, -0.2) is 4.79 Å². The average Bonchev–Trinajstić information content (AvgIpc) is 2.72. The first-order valence-corrected chi connectivity index (χ1v) is 6.13. The van der Waals surface area contributed by atoms with Crippen molar-refractivity contribution in [2.45, 2.75) is 6.42 Å². The molecule has 0 spiro atoms. The Balaban J connectivity index is 0.00000162. The molecule has 1 heterocycles. The second-order valence-corrected chi connectivity index (χ2v) is 4.70. The largest absolute Gasteiger partial charge is 0.464 e. The van der Waals surface area contributed by atoms with Crippen LogP contribution in [0.4, 0.5) is 0 Å². The fourth-order valence-corrected chi connectivity index (χ4v) is 2.40. The number of hydrogen-bond donors (Lipinski definition) is 1. The molecule has 0 fully saturated rings. The zero-order chi connectivity index (χ0) is 12.6. The van der Waals surface area contributed by atoms with Crippen LogP contribution >= 0.6 is 27.5 Å². The van der Waals surface area contributed by atoms with Gasteiger partial charge >= 0.3 is 5.97 Å². The van der Waals surface area contributed by atoms with Crippen LogP contribution in [0.5, 0.6) is 0 Å². The molecule has 0 aliphatic heterocycles. The molecular formula is C12H12BrClNO3Y-. The van der Waals surface area contributed by atoms with E-state index in [4.69, 9.17) is 16.3 Å². The van der Waals surface area contributed by atoms with Crippen molar-refractivity contribution in [2.24, 2.45) is 0 Å². The number of carbonyl (C=O) groups excluding carboxylic acids is 1. The van der Waals surface area contributed by atoms with E-state index in [0.717, 1.165) is 20.9 Å². The number of fused-ring (bicyclic) bond motifs is 1. The van der Waals surface area contributed by atoms with Gasteiger partial charge in [0.2, 0.25) is 0 Å². The van der Waals surface area contributed by atoms with Crippen LogP contribution in [0.3, 0.4) is 0 Å². The molecule has 19 heavy (non-hydrogen) atoms. The number of H-pyrrole nitrogens is 1. The fourth-order valence-electron chi connectivity index (χ4n) is 1.80. The van der Waals surface area contributed by atoms with Crippen LogP contribution < -0.4 is 0 Å². The standard InChI is InChI=1S/C12H10BrClNO2.H2O.Y/c1-3-6-7-4-5-8(14)9(13)10(7)15-11(6)12(16)17-2;;/h4-5,15H,1,3H2,2H3;1H2;/q-1;;. The quantitative estimate of drug-likeness (QED) is 0.597. The SMILES string of the molecule is O.[CH2-]Cc1c(C(=O)OC)[nH]c2c(Br)c(Cl)ccc12.[Y]. The summed E-state index contributed by atoms with van der Waals surface area (Å²) in [5.74, 6) is -0.400. The van der Waals surface area contributed by atoms with Gasteiger partial charge in [-0.2, -0.15) is 6.42 Å². The maximum Gasteiger partial charge on any atom is 0.354 e. The van der Waals surface area contributed by atoms with Crippen molar-refractivity contribution < 1.29 is 47.7 Å². The molecule has 0 saturated heterocycles. The maximum atomic E-state index is 11.6. The number of aromatic nitrogens is 1. The Morgan fingerprint density at radius 2 is 2.16 bits per heavy atom. The number of halogens is 2. The van der Waals surface area contributed by atoms with E-state index in [1.54, 1.807) is 6.07 Å². The normalized spacial score (nSPS) is 9.68. The minimum atomic E-state index is -0.400. The molecule has 0 aliphatic carbocycles. The molecule has 0 aliphatic rings. The van der Waals surface area contributed by atoms with Gasteiger partial charge in [-0.15, -0.1) is 0 Å². The number of carbonyl (C=O) groups is 1. The number of ether oxygens (including phenoxy) is 1. The van der Waals surface area contributed by atoms with E-state index >= 15 is 0 Å². The summed E-state index contributed by atoms with van der Waals surface area (Å²) < 4.78 is 5.47. The van der Waals surface area contributed by atoms with Gasteiger partial charge in [0, 0.05) is 38.1 Å². The van der Waals surface area contributed by atoms with Gasteiger partial charge in [0.15, 0.2) is 0 Å². The van der Waals surface area contributed by atoms with Gasteiger partial charge in [-0.05, 0) is 27.6 Å². The molecule has 1 aromatic carbocycles. The molecule has 3 N–H and O–H groups in total. The Hall–Kier alpha value is 0.0639. The molecule has 0 amide bonds. The zero-order valence-electron chi connectivity index (χ0n) is 10.2. The third-order valence-corrected chi connectivity index (χ3v) is 3.98. The molecular weight excluding hydrogens is 410 g/mol. The van der Waals surface area contributed by atoms with E-state index in [2.05, 4.69) is 27.8 Å². The summed E-state index contributed by atoms with van der Waals surface area (Å²) in [7, 11) is 1.35. The maximum absolute atomic E-state index is 11.6. The van der Waals surface area contributed by atoms with Crippen molar-refractivity contribution in [3.05, 3.63) is 39.8 Å². The van der Waals surface area contributed by atoms with Crippen molar-refractivity contribution in [2.75, 3.05) is 7.11 Å². The Bertz CT molecular complexity index is 600. The van der Waals surface area contributed by atoms with Crippen LogP contribution in [-0.2, 0) is 43.9 Å². The summed E-state index contributed by atoms with van der Waals surface area (Å²) in [6.45, 7) is 3.83. The summed E-state index contributed by atoms with van der Waals surface area (Å²) >= 11 is 9.40. The van der Waals surface area contributed by atoms with Gasteiger partial charge in [0.25, 0.3) is 0 Å². The molecule has 0 atom stereocenters. The summed E-state index contributed by atoms with van der Waals surface area (Å²) in [4.78, 5) is 14.7. The van der Waals surface area contributed by atoms with Crippen molar-refractivity contribution in [1.29, 1.82) is 0 Å². The molecule has 2 rings (SSSR count). The molecule has 1 aromatic heterocycles. The summed E-state index contributed by atoms with van der Waals surface area (Å²) in [5.41, 5.74) is 2.06. The van der Waals surface area contributed by atoms with Gasteiger partial charge < -0.3 is 22.1 Å². The summed E-state index contributed by atoms with van der Waals surface area (Å²) in [6, 6.07) is 3.65. The molecule has 1 radical (unpaired) electrons. The first-order chi connectivity index (χ1) is 8.10. The summed E-state index contributed by atoms with van der Waals surface area (Å²) in [5, 5.41) is 1.52. The van der Waals surface area contributed by atoms with E-state index in [1.807, 2.05) is 6.07 Å². The van der Waals surface area contributed by atoms with E-state index in [9.17, 15) is 4.79 Å². The summed E-state index contributed by atoms with van der Waals surface area (Å²) in [6.07, 6.45) is 0.499. The first kappa shape index (κ1) is 19.1.